The molecule has 1 heterocycles. The van der Waals surface area contributed by atoms with Gasteiger partial charge in [0.25, 0.3) is 0 Å². The fourth-order valence-corrected chi connectivity index (χ4v) is 4.38. The number of carbonyl (C=O) groups is 3. The first-order valence-corrected chi connectivity index (χ1v) is 10.1. The van der Waals surface area contributed by atoms with Crippen LogP contribution in [0.1, 0.15) is 38.7 Å². The van der Waals surface area contributed by atoms with Gasteiger partial charge in [-0.2, -0.15) is 0 Å². The van der Waals surface area contributed by atoms with Crippen LogP contribution in [0.4, 0.5) is 0 Å². The van der Waals surface area contributed by atoms with Crippen LogP contribution in [0, 0.1) is 11.8 Å². The molecule has 1 aromatic carbocycles. The van der Waals surface area contributed by atoms with Gasteiger partial charge in [0, 0.05) is 22.9 Å². The van der Waals surface area contributed by atoms with Crippen molar-refractivity contribution in [1.82, 2.24) is 5.32 Å². The summed E-state index contributed by atoms with van der Waals surface area (Å²) in [6.45, 7) is 5.43. The summed E-state index contributed by atoms with van der Waals surface area (Å²) in [6.07, 6.45) is 0.437. The Balaban J connectivity index is 2.21. The summed E-state index contributed by atoms with van der Waals surface area (Å²) in [5.74, 6) is -3.48. The van der Waals surface area contributed by atoms with Gasteiger partial charge in [0.15, 0.2) is 17.3 Å². The van der Waals surface area contributed by atoms with Gasteiger partial charge in [0.1, 0.15) is 5.92 Å². The number of hydrogen-bond donors (Lipinski definition) is 2. The zero-order valence-electron chi connectivity index (χ0n) is 18.3. The van der Waals surface area contributed by atoms with Crippen molar-refractivity contribution in [3.05, 3.63) is 46.3 Å². The first-order valence-electron chi connectivity index (χ1n) is 10.1. The first-order chi connectivity index (χ1) is 14.7. The van der Waals surface area contributed by atoms with Crippen molar-refractivity contribution in [2.75, 3.05) is 20.8 Å². The van der Waals surface area contributed by atoms with Crippen LogP contribution < -0.4 is 10.1 Å². The summed E-state index contributed by atoms with van der Waals surface area (Å²) in [5, 5.41) is 13.5. The molecular weight excluding hydrogens is 402 g/mol. The van der Waals surface area contributed by atoms with Crippen LogP contribution in [0.3, 0.4) is 0 Å². The maximum absolute atomic E-state index is 13.5. The Morgan fingerprint density at radius 1 is 1.26 bits per heavy atom. The molecular formula is C23H27NO7. The number of rotatable bonds is 5. The second-order valence-electron chi connectivity index (χ2n) is 7.69. The minimum absolute atomic E-state index is 0.123. The van der Waals surface area contributed by atoms with Gasteiger partial charge >= 0.3 is 11.9 Å². The van der Waals surface area contributed by atoms with Gasteiger partial charge in [-0.25, -0.2) is 4.79 Å². The van der Waals surface area contributed by atoms with Crippen LogP contribution in [0.5, 0.6) is 11.5 Å². The molecule has 0 saturated heterocycles. The van der Waals surface area contributed by atoms with Crippen LogP contribution in [-0.4, -0.2) is 43.7 Å². The van der Waals surface area contributed by atoms with E-state index < -0.39 is 29.6 Å². The van der Waals surface area contributed by atoms with Gasteiger partial charge in [-0.3, -0.25) is 9.59 Å². The molecule has 166 valence electrons. The van der Waals surface area contributed by atoms with Crippen molar-refractivity contribution >= 4 is 17.7 Å². The average Bonchev–Trinajstić information content (AvgIpc) is 2.72. The highest BCUT2D eigenvalue weighted by molar-refractivity contribution is 6.12. The van der Waals surface area contributed by atoms with Crippen molar-refractivity contribution in [2.45, 2.75) is 33.1 Å². The number of hydrogen-bond acceptors (Lipinski definition) is 8. The largest absolute Gasteiger partial charge is 0.504 e. The van der Waals surface area contributed by atoms with E-state index in [2.05, 4.69) is 5.32 Å². The maximum atomic E-state index is 13.5. The van der Waals surface area contributed by atoms with E-state index in [0.717, 1.165) is 0 Å². The highest BCUT2D eigenvalue weighted by Crippen LogP contribution is 2.46. The number of benzene rings is 1. The van der Waals surface area contributed by atoms with Crippen LogP contribution in [0.25, 0.3) is 0 Å². The number of phenolic OH excluding ortho intramolecular Hbond substituents is 1. The molecule has 8 heteroatoms. The molecule has 2 N–H and O–H groups in total. The molecule has 3 rings (SSSR count). The number of ketones is 1. The molecule has 3 atom stereocenters. The lowest BCUT2D eigenvalue weighted by atomic mass is 9.69. The number of nitrogens with one attached hydrogen (secondary N) is 1. The van der Waals surface area contributed by atoms with Gasteiger partial charge in [-0.05, 0) is 43.9 Å². The quantitative estimate of drug-likeness (QED) is 0.543. The molecule has 1 aromatic rings. The fourth-order valence-electron chi connectivity index (χ4n) is 4.38. The molecule has 0 unspecified atom stereocenters. The Bertz CT molecular complexity index is 992. The molecule has 0 aromatic heterocycles. The highest BCUT2D eigenvalue weighted by Gasteiger charge is 2.47. The molecule has 0 radical (unpaired) electrons. The lowest BCUT2D eigenvalue weighted by Crippen LogP contribution is -2.43. The van der Waals surface area contributed by atoms with Gasteiger partial charge in [0.05, 0.1) is 26.4 Å². The summed E-state index contributed by atoms with van der Waals surface area (Å²) >= 11 is 0. The van der Waals surface area contributed by atoms with Gasteiger partial charge in [0.2, 0.25) is 0 Å². The maximum Gasteiger partial charge on any atom is 0.336 e. The molecule has 8 nitrogen and oxygen atoms in total. The molecule has 1 aliphatic carbocycles. The molecule has 0 spiro atoms. The number of aromatic hydroxyl groups is 1. The Morgan fingerprint density at radius 2 is 1.97 bits per heavy atom. The third kappa shape index (κ3) is 3.89. The number of esters is 2. The third-order valence-electron chi connectivity index (χ3n) is 5.77. The van der Waals surface area contributed by atoms with Crippen molar-refractivity contribution in [3.8, 4) is 11.5 Å². The molecule has 0 amide bonds. The number of phenols is 1. The summed E-state index contributed by atoms with van der Waals surface area (Å²) in [7, 11) is 2.68. The lowest BCUT2D eigenvalue weighted by molar-refractivity contribution is -0.151. The van der Waals surface area contributed by atoms with Crippen LogP contribution in [0.15, 0.2) is 40.7 Å². The molecule has 1 aliphatic heterocycles. The predicted octanol–water partition coefficient (Wildman–Crippen LogP) is 2.58. The average molecular weight is 429 g/mol. The zero-order chi connectivity index (χ0) is 22.9. The second-order valence-corrected chi connectivity index (χ2v) is 7.69. The normalized spacial score (nSPS) is 23.1. The van der Waals surface area contributed by atoms with Gasteiger partial charge < -0.3 is 24.6 Å². The standard InChI is InChI=1S/C23H27NO7/c1-6-31-23(28)18-12(3)24-14-9-11(2)17(22(27)30-5)21(26)20(14)19(18)13-7-8-16(29-4)15(25)10-13/h7-8,10-11,17,19,24-25H,6,9H2,1-5H3/t11-,17+,19-/m0/s1. The Hall–Kier alpha value is -3.29. The van der Waals surface area contributed by atoms with E-state index in [4.69, 9.17) is 14.2 Å². The summed E-state index contributed by atoms with van der Waals surface area (Å²) in [4.78, 5) is 38.8. The third-order valence-corrected chi connectivity index (χ3v) is 5.77. The Morgan fingerprint density at radius 3 is 2.55 bits per heavy atom. The fraction of sp³-hybridized carbons (Fsp3) is 0.435. The number of Topliss-reactive ketones (excluding diaryl/α,β-unsaturated/α-hetero) is 1. The number of dihydropyridines is 1. The summed E-state index contributed by atoms with van der Waals surface area (Å²) < 4.78 is 15.3. The van der Waals surface area contributed by atoms with E-state index in [1.807, 2.05) is 6.92 Å². The van der Waals surface area contributed by atoms with E-state index in [1.165, 1.54) is 20.3 Å². The van der Waals surface area contributed by atoms with E-state index in [1.54, 1.807) is 26.0 Å². The summed E-state index contributed by atoms with van der Waals surface area (Å²) in [5.41, 5.74) is 2.31. The van der Waals surface area contributed by atoms with E-state index in [0.29, 0.717) is 29.0 Å². The Kier molecular flexibility index (Phi) is 6.38. The molecule has 31 heavy (non-hydrogen) atoms. The van der Waals surface area contributed by atoms with E-state index >= 15 is 0 Å². The number of ether oxygens (including phenoxy) is 3. The van der Waals surface area contributed by atoms with Crippen molar-refractivity contribution in [2.24, 2.45) is 11.8 Å². The molecule has 0 saturated carbocycles. The number of methoxy groups -OCH3 is 2. The molecule has 0 bridgehead atoms. The van der Waals surface area contributed by atoms with Crippen LogP contribution in [-0.2, 0) is 23.9 Å². The number of carbonyl (C=O) groups excluding carboxylic acids is 3. The zero-order valence-corrected chi connectivity index (χ0v) is 18.3. The highest BCUT2D eigenvalue weighted by atomic mass is 16.5. The topological polar surface area (TPSA) is 111 Å². The van der Waals surface area contributed by atoms with E-state index in [9.17, 15) is 19.5 Å². The predicted molar refractivity (Wildman–Crippen MR) is 111 cm³/mol. The van der Waals surface area contributed by atoms with Crippen molar-refractivity contribution in [1.29, 1.82) is 0 Å². The second kappa shape index (κ2) is 8.83. The molecule has 0 fully saturated rings. The molecule has 2 aliphatic rings. The summed E-state index contributed by atoms with van der Waals surface area (Å²) in [6, 6.07) is 4.72. The van der Waals surface area contributed by atoms with Crippen molar-refractivity contribution < 1.29 is 33.7 Å². The van der Waals surface area contributed by atoms with E-state index in [-0.39, 0.29) is 29.6 Å². The first kappa shape index (κ1) is 22.4. The smallest absolute Gasteiger partial charge is 0.336 e. The SMILES string of the molecule is CCOC(=O)C1=C(C)NC2=C(C(=O)[C@H](C(=O)OC)[C@@H](C)C2)[C@H]1c1ccc(OC)c(O)c1. The monoisotopic (exact) mass is 429 g/mol. The van der Waals surface area contributed by atoms with Gasteiger partial charge in [-0.15, -0.1) is 0 Å². The minimum Gasteiger partial charge on any atom is -0.504 e. The van der Waals surface area contributed by atoms with Crippen LogP contribution >= 0.6 is 0 Å². The van der Waals surface area contributed by atoms with Crippen LogP contribution in [0.2, 0.25) is 0 Å². The lowest BCUT2D eigenvalue weighted by Gasteiger charge is -2.38. The minimum atomic E-state index is -0.971. The number of allylic oxidation sites excluding steroid dienone is 3. The van der Waals surface area contributed by atoms with Gasteiger partial charge in [-0.1, -0.05) is 13.0 Å². The van der Waals surface area contributed by atoms with Crippen molar-refractivity contribution in [3.63, 3.8) is 0 Å². The Labute approximate surface area is 180 Å².